The van der Waals surface area contributed by atoms with E-state index >= 15 is 0 Å². The van der Waals surface area contributed by atoms with Crippen molar-refractivity contribution in [3.63, 3.8) is 0 Å². The number of hydrogen-bond donors (Lipinski definition) is 2. The summed E-state index contributed by atoms with van der Waals surface area (Å²) < 4.78 is 0. The summed E-state index contributed by atoms with van der Waals surface area (Å²) in [5.41, 5.74) is 2.76. The first-order valence-corrected chi connectivity index (χ1v) is 8.06. The molecule has 2 N–H and O–H groups in total. The number of carbonyl (C=O) groups is 1. The Morgan fingerprint density at radius 3 is 2.70 bits per heavy atom. The molecule has 3 rings (SSSR count). The number of nitrogens with one attached hydrogen (secondary N) is 2. The van der Waals surface area contributed by atoms with Gasteiger partial charge in [0, 0.05) is 33.7 Å². The molecule has 0 amide bonds. The third-order valence-electron chi connectivity index (χ3n) is 4.10. The first-order chi connectivity index (χ1) is 11.1. The molecule has 0 fully saturated rings. The zero-order valence-electron chi connectivity index (χ0n) is 13.1. The van der Waals surface area contributed by atoms with Crippen LogP contribution in [0.3, 0.4) is 0 Å². The number of rotatable bonds is 5. The summed E-state index contributed by atoms with van der Waals surface area (Å²) in [4.78, 5) is 15.9. The molecule has 1 aromatic heterocycles. The van der Waals surface area contributed by atoms with Gasteiger partial charge in [-0.2, -0.15) is 0 Å². The first-order valence-electron chi connectivity index (χ1n) is 7.68. The third-order valence-corrected chi connectivity index (χ3v) is 4.33. The van der Waals surface area contributed by atoms with Crippen LogP contribution >= 0.6 is 11.6 Å². The van der Waals surface area contributed by atoms with Gasteiger partial charge in [-0.25, -0.2) is 0 Å². The fourth-order valence-corrected chi connectivity index (χ4v) is 3.03. The lowest BCUT2D eigenvalue weighted by Crippen LogP contribution is -2.35. The molecule has 0 spiro atoms. The lowest BCUT2D eigenvalue weighted by atomic mass is 10.0. The predicted molar refractivity (Wildman–Crippen MR) is 95.1 cm³/mol. The van der Waals surface area contributed by atoms with Gasteiger partial charge >= 0.3 is 0 Å². The highest BCUT2D eigenvalue weighted by atomic mass is 35.5. The van der Waals surface area contributed by atoms with E-state index < -0.39 is 0 Å². The molecule has 23 heavy (non-hydrogen) atoms. The Hall–Kier alpha value is -2.10. The van der Waals surface area contributed by atoms with E-state index in [1.807, 2.05) is 62.4 Å². The third kappa shape index (κ3) is 3.31. The Morgan fingerprint density at radius 1 is 1.13 bits per heavy atom. The summed E-state index contributed by atoms with van der Waals surface area (Å²) in [7, 11) is 0. The standard InChI is InChI=1S/C19H19ClN2O/c1-12(14-6-5-7-15(20)10-14)22-13(2)19(23)17-11-21-18-9-4-3-8-16(17)18/h3-13,21-22H,1-2H3/t12-,13+/m1/s1. The Balaban J connectivity index is 1.77. The lowest BCUT2D eigenvalue weighted by molar-refractivity contribution is 0.0947. The smallest absolute Gasteiger partial charge is 0.181 e. The van der Waals surface area contributed by atoms with Crippen molar-refractivity contribution in [1.29, 1.82) is 0 Å². The molecule has 118 valence electrons. The number of Topliss-reactive ketones (excluding diaryl/α,β-unsaturated/α-hetero) is 1. The topological polar surface area (TPSA) is 44.9 Å². The van der Waals surface area contributed by atoms with Crippen molar-refractivity contribution in [1.82, 2.24) is 10.3 Å². The van der Waals surface area contributed by atoms with Crippen LogP contribution in [0.25, 0.3) is 10.9 Å². The number of halogens is 1. The van der Waals surface area contributed by atoms with Crippen LogP contribution in [0.5, 0.6) is 0 Å². The first kappa shape index (κ1) is 15.8. The van der Waals surface area contributed by atoms with E-state index in [9.17, 15) is 4.79 Å². The number of para-hydroxylation sites is 1. The normalized spacial score (nSPS) is 13.9. The highest BCUT2D eigenvalue weighted by Gasteiger charge is 2.20. The number of benzene rings is 2. The second-order valence-electron chi connectivity index (χ2n) is 5.78. The molecule has 0 unspecified atom stereocenters. The second kappa shape index (κ2) is 6.57. The monoisotopic (exact) mass is 326 g/mol. The van der Waals surface area contributed by atoms with E-state index in [2.05, 4.69) is 10.3 Å². The molecule has 2 aromatic carbocycles. The zero-order chi connectivity index (χ0) is 16.4. The molecule has 0 radical (unpaired) electrons. The van der Waals surface area contributed by atoms with E-state index in [0.717, 1.165) is 22.0 Å². The number of ketones is 1. The van der Waals surface area contributed by atoms with Crippen molar-refractivity contribution < 1.29 is 4.79 Å². The Morgan fingerprint density at radius 2 is 1.91 bits per heavy atom. The number of fused-ring (bicyclic) bond motifs is 1. The van der Waals surface area contributed by atoms with Crippen LogP contribution in [-0.4, -0.2) is 16.8 Å². The number of H-pyrrole nitrogens is 1. The molecule has 0 bridgehead atoms. The molecular weight excluding hydrogens is 308 g/mol. The maximum atomic E-state index is 12.7. The molecule has 0 saturated heterocycles. The van der Waals surface area contributed by atoms with E-state index in [0.29, 0.717) is 5.02 Å². The van der Waals surface area contributed by atoms with E-state index in [-0.39, 0.29) is 17.9 Å². The van der Waals surface area contributed by atoms with Gasteiger partial charge in [0.15, 0.2) is 5.78 Å². The SMILES string of the molecule is C[C@H](N[C@H](C)c1cccc(Cl)c1)C(=O)c1c[nH]c2ccccc12. The van der Waals surface area contributed by atoms with Gasteiger partial charge in [0.05, 0.1) is 6.04 Å². The van der Waals surface area contributed by atoms with Gasteiger partial charge in [0.25, 0.3) is 0 Å². The summed E-state index contributed by atoms with van der Waals surface area (Å²) in [6.45, 7) is 3.93. The van der Waals surface area contributed by atoms with Gasteiger partial charge < -0.3 is 10.3 Å². The zero-order valence-corrected chi connectivity index (χ0v) is 13.9. The Bertz CT molecular complexity index is 840. The van der Waals surface area contributed by atoms with Crippen LogP contribution in [0.2, 0.25) is 5.02 Å². The highest BCUT2D eigenvalue weighted by molar-refractivity contribution is 6.30. The molecular formula is C19H19ClN2O. The molecule has 2 atom stereocenters. The second-order valence-corrected chi connectivity index (χ2v) is 6.21. The molecule has 1 heterocycles. The lowest BCUT2D eigenvalue weighted by Gasteiger charge is -2.19. The number of carbonyl (C=O) groups excluding carboxylic acids is 1. The van der Waals surface area contributed by atoms with Crippen molar-refractivity contribution in [2.75, 3.05) is 0 Å². The number of aromatic nitrogens is 1. The summed E-state index contributed by atoms with van der Waals surface area (Å²) in [6.07, 6.45) is 1.79. The summed E-state index contributed by atoms with van der Waals surface area (Å²) in [5, 5.41) is 5.01. The minimum atomic E-state index is -0.289. The van der Waals surface area contributed by atoms with Gasteiger partial charge in [0.1, 0.15) is 0 Å². The van der Waals surface area contributed by atoms with Gasteiger partial charge in [-0.1, -0.05) is 41.9 Å². The molecule has 3 aromatic rings. The highest BCUT2D eigenvalue weighted by Crippen LogP contribution is 2.21. The van der Waals surface area contributed by atoms with Gasteiger partial charge in [0.2, 0.25) is 0 Å². The van der Waals surface area contributed by atoms with Crippen molar-refractivity contribution >= 4 is 28.3 Å². The number of hydrogen-bond acceptors (Lipinski definition) is 2. The van der Waals surface area contributed by atoms with Gasteiger partial charge in [-0.05, 0) is 37.6 Å². The minimum Gasteiger partial charge on any atom is -0.360 e. The quantitative estimate of drug-likeness (QED) is 0.665. The average molecular weight is 327 g/mol. The molecule has 3 nitrogen and oxygen atoms in total. The maximum absolute atomic E-state index is 12.7. The molecule has 0 aliphatic rings. The van der Waals surface area contributed by atoms with Crippen LogP contribution in [0.4, 0.5) is 0 Å². The Labute approximate surface area is 140 Å². The van der Waals surface area contributed by atoms with Crippen LogP contribution in [0, 0.1) is 0 Å². The maximum Gasteiger partial charge on any atom is 0.181 e. The molecule has 0 aliphatic carbocycles. The summed E-state index contributed by atoms with van der Waals surface area (Å²) >= 11 is 6.04. The van der Waals surface area contributed by atoms with Crippen LogP contribution in [0.15, 0.2) is 54.7 Å². The largest absolute Gasteiger partial charge is 0.360 e. The minimum absolute atomic E-state index is 0.0397. The van der Waals surface area contributed by atoms with Crippen LogP contribution in [-0.2, 0) is 0 Å². The van der Waals surface area contributed by atoms with Crippen molar-refractivity contribution in [2.45, 2.75) is 25.9 Å². The van der Waals surface area contributed by atoms with Gasteiger partial charge in [-0.15, -0.1) is 0 Å². The Kier molecular flexibility index (Phi) is 4.51. The van der Waals surface area contributed by atoms with Crippen molar-refractivity contribution in [2.24, 2.45) is 0 Å². The molecule has 0 saturated carbocycles. The van der Waals surface area contributed by atoms with Crippen molar-refractivity contribution in [3.8, 4) is 0 Å². The van der Waals surface area contributed by atoms with Gasteiger partial charge in [-0.3, -0.25) is 4.79 Å². The van der Waals surface area contributed by atoms with E-state index in [1.165, 1.54) is 0 Å². The average Bonchev–Trinajstić information content (AvgIpc) is 2.98. The van der Waals surface area contributed by atoms with Crippen LogP contribution in [0.1, 0.15) is 35.8 Å². The fourth-order valence-electron chi connectivity index (χ4n) is 2.83. The van der Waals surface area contributed by atoms with Crippen molar-refractivity contribution in [3.05, 3.63) is 70.9 Å². The number of aromatic amines is 1. The molecule has 4 heteroatoms. The fraction of sp³-hybridized carbons (Fsp3) is 0.211. The summed E-state index contributed by atoms with van der Waals surface area (Å²) in [6, 6.07) is 15.3. The summed E-state index contributed by atoms with van der Waals surface area (Å²) in [5.74, 6) is 0.0799. The predicted octanol–water partition coefficient (Wildman–Crippen LogP) is 4.74. The van der Waals surface area contributed by atoms with Crippen LogP contribution < -0.4 is 5.32 Å². The van der Waals surface area contributed by atoms with E-state index in [1.54, 1.807) is 6.20 Å². The van der Waals surface area contributed by atoms with E-state index in [4.69, 9.17) is 11.6 Å². The molecule has 0 aliphatic heterocycles.